The van der Waals surface area contributed by atoms with E-state index in [4.69, 9.17) is 4.74 Å². The molecule has 0 aromatic heterocycles. The summed E-state index contributed by atoms with van der Waals surface area (Å²) in [6.45, 7) is 6.97. The Morgan fingerprint density at radius 1 is 1.39 bits per heavy atom. The number of hydrogen-bond acceptors (Lipinski definition) is 3. The molecule has 23 heavy (non-hydrogen) atoms. The minimum atomic E-state index is -0.314. The molecule has 0 aromatic rings. The zero-order valence-corrected chi connectivity index (χ0v) is 14.3. The van der Waals surface area contributed by atoms with E-state index in [0.717, 1.165) is 32.0 Å². The molecule has 2 aliphatic carbocycles. The minimum Gasteiger partial charge on any atom is -0.465 e. The normalized spacial score (nSPS) is 35.4. The van der Waals surface area contributed by atoms with Crippen molar-refractivity contribution in [1.82, 2.24) is 0 Å². The largest absolute Gasteiger partial charge is 0.465 e. The molecule has 0 amide bonds. The third-order valence-corrected chi connectivity index (χ3v) is 5.74. The number of allylic oxidation sites excluding steroid dienone is 5. The predicted octanol–water partition coefficient (Wildman–Crippen LogP) is 4.00. The van der Waals surface area contributed by atoms with Crippen molar-refractivity contribution in [3.8, 4) is 0 Å². The van der Waals surface area contributed by atoms with Crippen LogP contribution in [0.3, 0.4) is 0 Å². The highest BCUT2D eigenvalue weighted by Gasteiger charge is 2.65. The summed E-state index contributed by atoms with van der Waals surface area (Å²) in [5, 5.41) is 0. The van der Waals surface area contributed by atoms with Crippen molar-refractivity contribution >= 4 is 12.3 Å². The highest BCUT2D eigenvalue weighted by atomic mass is 16.5. The van der Waals surface area contributed by atoms with Gasteiger partial charge in [-0.25, -0.2) is 0 Å². The van der Waals surface area contributed by atoms with Crippen molar-refractivity contribution in [1.29, 1.82) is 0 Å². The Balaban J connectivity index is 1.67. The van der Waals surface area contributed by atoms with Crippen molar-refractivity contribution < 1.29 is 14.3 Å². The number of hydrogen-bond donors (Lipinski definition) is 0. The number of rotatable bonds is 5. The second-order valence-corrected chi connectivity index (χ2v) is 7.63. The van der Waals surface area contributed by atoms with Crippen molar-refractivity contribution in [2.75, 3.05) is 6.61 Å². The van der Waals surface area contributed by atoms with Gasteiger partial charge >= 0.3 is 5.97 Å². The summed E-state index contributed by atoms with van der Waals surface area (Å²) in [7, 11) is 0. The van der Waals surface area contributed by atoms with E-state index in [2.05, 4.69) is 32.9 Å². The average Bonchev–Trinajstić information content (AvgIpc) is 2.97. The van der Waals surface area contributed by atoms with Gasteiger partial charge in [0.1, 0.15) is 6.29 Å². The fraction of sp³-hybridized carbons (Fsp3) is 0.600. The van der Waals surface area contributed by atoms with E-state index in [-0.39, 0.29) is 23.2 Å². The first kappa shape index (κ1) is 16.2. The van der Waals surface area contributed by atoms with Gasteiger partial charge in [-0.2, -0.15) is 0 Å². The lowest BCUT2D eigenvalue weighted by molar-refractivity contribution is -0.160. The number of fused-ring (bicyclic) bond motifs is 2. The highest BCUT2D eigenvalue weighted by Crippen LogP contribution is 2.65. The monoisotopic (exact) mass is 314 g/mol. The summed E-state index contributed by atoms with van der Waals surface area (Å²) in [6.07, 6.45) is 11.5. The Kier molecular flexibility index (Phi) is 4.31. The van der Waals surface area contributed by atoms with Crippen LogP contribution in [-0.2, 0) is 14.3 Å². The van der Waals surface area contributed by atoms with Crippen molar-refractivity contribution in [3.63, 3.8) is 0 Å². The SMILES string of the molecule is CC(C)=CCC/C(C)=C/[C@H]1C[C@]12COC(=O)[C@@H]1C(C=O)=CC[C@@H]12. The number of cyclic esters (lactones) is 1. The van der Waals surface area contributed by atoms with Crippen molar-refractivity contribution in [2.45, 2.75) is 46.5 Å². The Morgan fingerprint density at radius 2 is 2.17 bits per heavy atom. The molecule has 1 saturated carbocycles. The zero-order valence-electron chi connectivity index (χ0n) is 14.3. The van der Waals surface area contributed by atoms with Crippen LogP contribution < -0.4 is 0 Å². The molecule has 3 heteroatoms. The first-order valence-corrected chi connectivity index (χ1v) is 8.60. The lowest BCUT2D eigenvalue weighted by atomic mass is 9.75. The number of aldehydes is 1. The second kappa shape index (κ2) is 6.10. The van der Waals surface area contributed by atoms with Crippen LogP contribution >= 0.6 is 0 Å². The van der Waals surface area contributed by atoms with Crippen LogP contribution in [0.1, 0.15) is 46.5 Å². The number of esters is 1. The zero-order chi connectivity index (χ0) is 16.6. The molecule has 3 rings (SSSR count). The smallest absolute Gasteiger partial charge is 0.313 e. The van der Waals surface area contributed by atoms with E-state index >= 15 is 0 Å². The molecule has 0 bridgehead atoms. The third-order valence-electron chi connectivity index (χ3n) is 5.74. The summed E-state index contributed by atoms with van der Waals surface area (Å²) >= 11 is 0. The average molecular weight is 314 g/mol. The van der Waals surface area contributed by atoms with Crippen LogP contribution in [0.4, 0.5) is 0 Å². The number of ether oxygens (including phenoxy) is 1. The van der Waals surface area contributed by atoms with Crippen LogP contribution in [0.2, 0.25) is 0 Å². The van der Waals surface area contributed by atoms with E-state index in [1.165, 1.54) is 11.1 Å². The molecule has 4 atom stereocenters. The van der Waals surface area contributed by atoms with E-state index in [9.17, 15) is 9.59 Å². The predicted molar refractivity (Wildman–Crippen MR) is 89.7 cm³/mol. The Morgan fingerprint density at radius 3 is 2.87 bits per heavy atom. The summed E-state index contributed by atoms with van der Waals surface area (Å²) in [5.74, 6) is 0.238. The second-order valence-electron chi connectivity index (χ2n) is 7.63. The summed E-state index contributed by atoms with van der Waals surface area (Å²) in [5.41, 5.74) is 3.49. The molecule has 0 radical (unpaired) electrons. The van der Waals surface area contributed by atoms with E-state index in [1.54, 1.807) is 0 Å². The molecule has 2 fully saturated rings. The van der Waals surface area contributed by atoms with Gasteiger partial charge < -0.3 is 4.74 Å². The van der Waals surface area contributed by atoms with E-state index < -0.39 is 0 Å². The number of carbonyl (C=O) groups excluding carboxylic acids is 2. The molecule has 0 aromatic carbocycles. The van der Waals surface area contributed by atoms with E-state index in [1.807, 2.05) is 6.08 Å². The van der Waals surface area contributed by atoms with E-state index in [0.29, 0.717) is 18.1 Å². The van der Waals surface area contributed by atoms with Gasteiger partial charge in [-0.3, -0.25) is 9.59 Å². The molecule has 0 N–H and O–H groups in total. The van der Waals surface area contributed by atoms with Crippen LogP contribution in [0, 0.1) is 23.2 Å². The Bertz CT molecular complexity index is 606. The molecule has 0 unspecified atom stereocenters. The summed E-state index contributed by atoms with van der Waals surface area (Å²) in [6, 6.07) is 0. The Labute approximate surface area is 138 Å². The Hall–Kier alpha value is -1.64. The molecule has 1 saturated heterocycles. The van der Waals surface area contributed by atoms with Crippen LogP contribution in [0.15, 0.2) is 34.9 Å². The molecule has 124 valence electrons. The van der Waals surface area contributed by atoms with Gasteiger partial charge in [-0.15, -0.1) is 0 Å². The third kappa shape index (κ3) is 2.93. The van der Waals surface area contributed by atoms with Crippen LogP contribution in [0.25, 0.3) is 0 Å². The summed E-state index contributed by atoms with van der Waals surface area (Å²) < 4.78 is 5.45. The maximum absolute atomic E-state index is 12.1. The first-order chi connectivity index (χ1) is 11.0. The highest BCUT2D eigenvalue weighted by molar-refractivity contribution is 5.89. The quantitative estimate of drug-likeness (QED) is 0.437. The van der Waals surface area contributed by atoms with Crippen LogP contribution in [-0.4, -0.2) is 18.9 Å². The van der Waals surface area contributed by atoms with Gasteiger partial charge in [0.2, 0.25) is 0 Å². The van der Waals surface area contributed by atoms with Crippen LogP contribution in [0.5, 0.6) is 0 Å². The fourth-order valence-corrected chi connectivity index (χ4v) is 4.33. The van der Waals surface area contributed by atoms with Gasteiger partial charge in [-0.05, 0) is 58.3 Å². The lowest BCUT2D eigenvalue weighted by Crippen LogP contribution is -2.40. The van der Waals surface area contributed by atoms with Gasteiger partial charge in [0.25, 0.3) is 0 Å². The van der Waals surface area contributed by atoms with Gasteiger partial charge in [-0.1, -0.05) is 29.4 Å². The van der Waals surface area contributed by atoms with Crippen molar-refractivity contribution in [2.24, 2.45) is 23.2 Å². The molecule has 1 heterocycles. The maximum atomic E-state index is 12.1. The topological polar surface area (TPSA) is 43.4 Å². The maximum Gasteiger partial charge on any atom is 0.313 e. The van der Waals surface area contributed by atoms with Gasteiger partial charge in [0.15, 0.2) is 0 Å². The van der Waals surface area contributed by atoms with Gasteiger partial charge in [0.05, 0.1) is 12.5 Å². The minimum absolute atomic E-state index is 0.0810. The molecular formula is C20H26O3. The first-order valence-electron chi connectivity index (χ1n) is 8.60. The lowest BCUT2D eigenvalue weighted by Gasteiger charge is -2.34. The van der Waals surface area contributed by atoms with Gasteiger partial charge in [0, 0.05) is 11.0 Å². The molecule has 1 spiro atoms. The molecule has 3 aliphatic rings. The standard InChI is InChI=1S/C20H26O3/c1-13(2)5-4-6-14(3)9-16-10-20(16)12-23-19(22)18-15(11-21)7-8-17(18)20/h5,7,9,11,16-18H,4,6,8,10,12H2,1-3H3/b14-9+/t16-,17-,18+,20-/m0/s1. The summed E-state index contributed by atoms with van der Waals surface area (Å²) in [4.78, 5) is 23.2. The fourth-order valence-electron chi connectivity index (χ4n) is 4.33. The molecular weight excluding hydrogens is 288 g/mol. The van der Waals surface area contributed by atoms with Crippen molar-refractivity contribution in [3.05, 3.63) is 34.9 Å². The molecule has 1 aliphatic heterocycles. The molecule has 3 nitrogen and oxygen atoms in total. The number of carbonyl (C=O) groups is 2.